The Morgan fingerprint density at radius 3 is 1.98 bits per heavy atom. The molecule has 0 N–H and O–H groups in total. The first-order chi connectivity index (χ1) is 19.9. The van der Waals surface area contributed by atoms with Gasteiger partial charge in [0.05, 0.1) is 26.8 Å². The Kier molecular flexibility index (Phi) is 17.5. The van der Waals surface area contributed by atoms with E-state index in [4.69, 9.17) is 9.47 Å². The number of nitrogens with zero attached hydrogens (tertiary/aromatic N) is 1. The SMILES string of the molecule is CCCCCCCCCCCCCc1cccc(OC(C)CCOC(=O)C(CCC)[N+](C)(C)Cc2ccccc2)c1. The topological polar surface area (TPSA) is 35.5 Å². The number of rotatable bonds is 23. The Morgan fingerprint density at radius 2 is 1.34 bits per heavy atom. The van der Waals surface area contributed by atoms with Crippen molar-refractivity contribution in [1.82, 2.24) is 0 Å². The molecule has 2 aromatic carbocycles. The number of carbonyl (C=O) groups is 1. The molecule has 4 nitrogen and oxygen atoms in total. The van der Waals surface area contributed by atoms with Gasteiger partial charge < -0.3 is 14.0 Å². The van der Waals surface area contributed by atoms with Crippen molar-refractivity contribution < 1.29 is 18.8 Å². The van der Waals surface area contributed by atoms with Crippen LogP contribution in [0.2, 0.25) is 0 Å². The summed E-state index contributed by atoms with van der Waals surface area (Å²) in [5.74, 6) is 0.808. The van der Waals surface area contributed by atoms with E-state index in [0.29, 0.717) is 17.5 Å². The summed E-state index contributed by atoms with van der Waals surface area (Å²) < 4.78 is 12.6. The molecule has 230 valence electrons. The number of ether oxygens (including phenoxy) is 2. The number of likely N-dealkylation sites (N-methyl/N-ethyl adjacent to an activating group) is 1. The molecule has 0 radical (unpaired) electrons. The van der Waals surface area contributed by atoms with Crippen LogP contribution in [-0.4, -0.2) is 43.3 Å². The summed E-state index contributed by atoms with van der Waals surface area (Å²) in [6, 6.07) is 18.7. The number of benzene rings is 2. The molecule has 0 spiro atoms. The van der Waals surface area contributed by atoms with Crippen LogP contribution in [0.4, 0.5) is 0 Å². The van der Waals surface area contributed by atoms with Crippen LogP contribution >= 0.6 is 0 Å². The summed E-state index contributed by atoms with van der Waals surface area (Å²) in [6.45, 7) is 7.65. The van der Waals surface area contributed by atoms with Gasteiger partial charge in [0.15, 0.2) is 6.04 Å². The average molecular weight is 567 g/mol. The Morgan fingerprint density at radius 1 is 0.732 bits per heavy atom. The molecule has 0 saturated heterocycles. The van der Waals surface area contributed by atoms with Gasteiger partial charge in [-0.2, -0.15) is 0 Å². The van der Waals surface area contributed by atoms with E-state index in [1.165, 1.54) is 81.8 Å². The number of hydrogen-bond donors (Lipinski definition) is 0. The molecule has 2 atom stereocenters. The molecule has 0 aromatic heterocycles. The van der Waals surface area contributed by atoms with Crippen LogP contribution < -0.4 is 4.74 Å². The van der Waals surface area contributed by atoms with Crippen LogP contribution in [0.5, 0.6) is 5.75 Å². The maximum atomic E-state index is 13.1. The Labute approximate surface area is 252 Å². The van der Waals surface area contributed by atoms with Gasteiger partial charge in [-0.3, -0.25) is 0 Å². The second kappa shape index (κ2) is 20.5. The van der Waals surface area contributed by atoms with E-state index in [0.717, 1.165) is 31.6 Å². The maximum absolute atomic E-state index is 13.1. The van der Waals surface area contributed by atoms with Gasteiger partial charge in [-0.05, 0) is 43.9 Å². The third kappa shape index (κ3) is 14.9. The zero-order chi connectivity index (χ0) is 29.8. The molecular weight excluding hydrogens is 506 g/mol. The second-order valence-electron chi connectivity index (χ2n) is 12.5. The van der Waals surface area contributed by atoms with Crippen LogP contribution in [-0.2, 0) is 22.5 Å². The van der Waals surface area contributed by atoms with Crippen molar-refractivity contribution in [3.05, 3.63) is 65.7 Å². The molecule has 0 aliphatic carbocycles. The van der Waals surface area contributed by atoms with E-state index in [-0.39, 0.29) is 18.1 Å². The van der Waals surface area contributed by atoms with Crippen molar-refractivity contribution in [2.75, 3.05) is 20.7 Å². The molecule has 2 aromatic rings. The summed E-state index contributed by atoms with van der Waals surface area (Å²) in [7, 11) is 4.26. The fourth-order valence-electron chi connectivity index (χ4n) is 5.67. The van der Waals surface area contributed by atoms with Crippen LogP contribution in [0.3, 0.4) is 0 Å². The van der Waals surface area contributed by atoms with Gasteiger partial charge in [0, 0.05) is 18.4 Å². The van der Waals surface area contributed by atoms with Crippen molar-refractivity contribution in [3.63, 3.8) is 0 Å². The van der Waals surface area contributed by atoms with Gasteiger partial charge in [-0.1, -0.05) is 121 Å². The summed E-state index contributed by atoms with van der Waals surface area (Å²) in [5, 5.41) is 0. The predicted octanol–water partition coefficient (Wildman–Crippen LogP) is 9.69. The summed E-state index contributed by atoms with van der Waals surface area (Å²) in [5.41, 5.74) is 2.58. The maximum Gasteiger partial charge on any atom is 0.364 e. The molecule has 0 amide bonds. The van der Waals surface area contributed by atoms with Gasteiger partial charge in [0.1, 0.15) is 12.3 Å². The molecule has 0 saturated carbocycles. The third-order valence-corrected chi connectivity index (χ3v) is 8.18. The lowest BCUT2D eigenvalue weighted by Gasteiger charge is -2.36. The quantitative estimate of drug-likeness (QED) is 0.0763. The smallest absolute Gasteiger partial charge is 0.364 e. The third-order valence-electron chi connectivity index (χ3n) is 8.18. The molecule has 0 aliphatic rings. The molecular formula is C37H60NO3+. The van der Waals surface area contributed by atoms with E-state index >= 15 is 0 Å². The van der Waals surface area contributed by atoms with E-state index in [1.54, 1.807) is 0 Å². The van der Waals surface area contributed by atoms with Crippen LogP contribution in [0.15, 0.2) is 54.6 Å². The lowest BCUT2D eigenvalue weighted by molar-refractivity contribution is -0.920. The van der Waals surface area contributed by atoms with Crippen LogP contribution in [0.1, 0.15) is 122 Å². The number of carbonyl (C=O) groups excluding carboxylic acids is 1. The molecule has 0 bridgehead atoms. The highest BCUT2D eigenvalue weighted by molar-refractivity contribution is 5.74. The first-order valence-corrected chi connectivity index (χ1v) is 16.6. The normalized spacial score (nSPS) is 13.1. The number of quaternary nitrogens is 1. The Bertz CT molecular complexity index is 942. The van der Waals surface area contributed by atoms with Crippen molar-refractivity contribution in [2.45, 2.75) is 136 Å². The highest BCUT2D eigenvalue weighted by atomic mass is 16.5. The molecule has 0 fully saturated rings. The monoisotopic (exact) mass is 566 g/mol. The first kappa shape index (κ1) is 34.9. The van der Waals surface area contributed by atoms with Crippen molar-refractivity contribution in [1.29, 1.82) is 0 Å². The van der Waals surface area contributed by atoms with Crippen LogP contribution in [0, 0.1) is 0 Å². The summed E-state index contributed by atoms with van der Waals surface area (Å²) >= 11 is 0. The summed E-state index contributed by atoms with van der Waals surface area (Å²) in [4.78, 5) is 13.1. The van der Waals surface area contributed by atoms with Gasteiger partial charge >= 0.3 is 5.97 Å². The number of aryl methyl sites for hydroxylation is 1. The van der Waals surface area contributed by atoms with Gasteiger partial charge in [0.25, 0.3) is 0 Å². The largest absolute Gasteiger partial charge is 0.491 e. The minimum Gasteiger partial charge on any atom is -0.491 e. The first-order valence-electron chi connectivity index (χ1n) is 16.6. The van der Waals surface area contributed by atoms with Gasteiger partial charge in [-0.25, -0.2) is 4.79 Å². The number of hydrogen-bond acceptors (Lipinski definition) is 3. The van der Waals surface area contributed by atoms with Crippen LogP contribution in [0.25, 0.3) is 0 Å². The van der Waals surface area contributed by atoms with E-state index < -0.39 is 0 Å². The van der Waals surface area contributed by atoms with Gasteiger partial charge in [0.2, 0.25) is 0 Å². The highest BCUT2D eigenvalue weighted by Gasteiger charge is 2.35. The fraction of sp³-hybridized carbons (Fsp3) is 0.649. The molecule has 41 heavy (non-hydrogen) atoms. The molecule has 0 heterocycles. The minimum atomic E-state index is -0.177. The molecule has 0 aliphatic heterocycles. The van der Waals surface area contributed by atoms with Crippen molar-refractivity contribution in [2.24, 2.45) is 0 Å². The minimum absolute atomic E-state index is 0.0172. The predicted molar refractivity (Wildman–Crippen MR) is 173 cm³/mol. The second-order valence-corrected chi connectivity index (χ2v) is 12.5. The van der Waals surface area contributed by atoms with Crippen molar-refractivity contribution >= 4 is 5.97 Å². The zero-order valence-electron chi connectivity index (χ0n) is 27.0. The number of esters is 1. The van der Waals surface area contributed by atoms with E-state index in [2.05, 4.69) is 77.3 Å². The van der Waals surface area contributed by atoms with E-state index in [1.807, 2.05) is 12.1 Å². The lowest BCUT2D eigenvalue weighted by Crippen LogP contribution is -2.52. The average Bonchev–Trinajstić information content (AvgIpc) is 2.95. The van der Waals surface area contributed by atoms with Crippen molar-refractivity contribution in [3.8, 4) is 5.75 Å². The standard InChI is InChI=1S/C37H60NO3/c1-6-8-9-10-11-12-13-14-15-16-18-23-33-26-21-27-35(30-33)41-32(3)28-29-40-37(39)36(22-7-2)38(4,5)31-34-24-19-17-20-25-34/h17,19-21,24-27,30,32,36H,6-16,18,22-23,28-29,31H2,1-5H3/q+1. The van der Waals surface area contributed by atoms with E-state index in [9.17, 15) is 4.79 Å². The molecule has 2 unspecified atom stereocenters. The Balaban J connectivity index is 1.67. The fourth-order valence-corrected chi connectivity index (χ4v) is 5.67. The molecule has 2 rings (SSSR count). The highest BCUT2D eigenvalue weighted by Crippen LogP contribution is 2.21. The lowest BCUT2D eigenvalue weighted by atomic mass is 10.0. The van der Waals surface area contributed by atoms with Gasteiger partial charge in [-0.15, -0.1) is 0 Å². The summed E-state index contributed by atoms with van der Waals surface area (Å²) in [6.07, 6.45) is 18.6. The Hall–Kier alpha value is -2.33. The number of unbranched alkanes of at least 4 members (excludes halogenated alkanes) is 10. The zero-order valence-corrected chi connectivity index (χ0v) is 27.0. The molecule has 4 heteroatoms.